The maximum atomic E-state index is 11.8. The highest BCUT2D eigenvalue weighted by Crippen LogP contribution is 2.26. The van der Waals surface area contributed by atoms with Gasteiger partial charge in [0.25, 0.3) is 0 Å². The molecule has 10 nitrogen and oxygen atoms in total. The van der Waals surface area contributed by atoms with Crippen LogP contribution in [0.5, 0.6) is 0 Å². The molecule has 0 atom stereocenters. The molecule has 0 aromatic carbocycles. The number of sulfonamides is 1. The molecule has 2 aromatic heterocycles. The summed E-state index contributed by atoms with van der Waals surface area (Å²) in [5, 5.41) is 0. The van der Waals surface area contributed by atoms with E-state index < -0.39 is 10.0 Å². The lowest BCUT2D eigenvalue weighted by Gasteiger charge is -2.39. The summed E-state index contributed by atoms with van der Waals surface area (Å²) >= 11 is 0. The van der Waals surface area contributed by atoms with E-state index in [-0.39, 0.29) is 6.10 Å². The quantitative estimate of drug-likeness (QED) is 0.534. The summed E-state index contributed by atoms with van der Waals surface area (Å²) < 4.78 is 31.2. The first kappa shape index (κ1) is 24.3. The summed E-state index contributed by atoms with van der Waals surface area (Å²) in [7, 11) is -3.19. The second kappa shape index (κ2) is 10.3. The van der Waals surface area contributed by atoms with Crippen molar-refractivity contribution < 1.29 is 13.2 Å². The van der Waals surface area contributed by atoms with Crippen LogP contribution in [0.4, 0.5) is 11.9 Å². The summed E-state index contributed by atoms with van der Waals surface area (Å²) in [5.41, 5.74) is 3.03. The van der Waals surface area contributed by atoms with Crippen molar-refractivity contribution in [2.45, 2.75) is 51.7 Å². The third kappa shape index (κ3) is 5.73. The Morgan fingerprint density at radius 1 is 1.00 bits per heavy atom. The normalized spacial score (nSPS) is 20.1. The average Bonchev–Trinajstić information content (AvgIpc) is 2.84. The molecule has 35 heavy (non-hydrogen) atoms. The Balaban J connectivity index is 1.01. The van der Waals surface area contributed by atoms with Gasteiger partial charge in [-0.2, -0.15) is 4.31 Å². The summed E-state index contributed by atoms with van der Waals surface area (Å²) in [6, 6.07) is 0. The monoisotopic (exact) mass is 501 g/mol. The van der Waals surface area contributed by atoms with Crippen molar-refractivity contribution in [2.24, 2.45) is 5.92 Å². The second-order valence-electron chi connectivity index (χ2n) is 9.85. The number of hydrogen-bond donors (Lipinski definition) is 0. The smallest absolute Gasteiger partial charge is 0.225 e. The number of anilines is 2. The highest BCUT2D eigenvalue weighted by molar-refractivity contribution is 7.88. The fourth-order valence-corrected chi connectivity index (χ4v) is 5.74. The van der Waals surface area contributed by atoms with Crippen molar-refractivity contribution in [1.29, 1.82) is 0 Å². The number of aryl methyl sites for hydroxylation is 1. The highest BCUT2D eigenvalue weighted by atomic mass is 32.2. The lowest BCUT2D eigenvalue weighted by Crippen LogP contribution is -2.53. The van der Waals surface area contributed by atoms with Crippen LogP contribution in [0.25, 0.3) is 0 Å². The van der Waals surface area contributed by atoms with Gasteiger partial charge in [0.2, 0.25) is 21.9 Å². The van der Waals surface area contributed by atoms with E-state index in [4.69, 9.17) is 9.72 Å². The Labute approximate surface area is 207 Å². The Morgan fingerprint density at radius 3 is 2.40 bits per heavy atom. The molecular formula is C24H35N7O3S. The van der Waals surface area contributed by atoms with E-state index in [1.165, 1.54) is 16.1 Å². The van der Waals surface area contributed by atoms with Gasteiger partial charge >= 0.3 is 0 Å². The van der Waals surface area contributed by atoms with Gasteiger partial charge in [-0.25, -0.2) is 28.4 Å². The number of piperidine rings is 1. The molecule has 0 amide bonds. The van der Waals surface area contributed by atoms with Crippen LogP contribution in [0.15, 0.2) is 18.6 Å². The summed E-state index contributed by atoms with van der Waals surface area (Å²) in [6.07, 6.45) is 12.1. The predicted octanol–water partition coefficient (Wildman–Crippen LogP) is 1.66. The molecule has 2 aromatic rings. The molecule has 0 unspecified atom stereocenters. The zero-order valence-electron chi connectivity index (χ0n) is 20.6. The zero-order valence-corrected chi connectivity index (χ0v) is 21.5. The van der Waals surface area contributed by atoms with Gasteiger partial charge in [-0.05, 0) is 37.2 Å². The van der Waals surface area contributed by atoms with Crippen molar-refractivity contribution in [3.8, 4) is 0 Å². The Morgan fingerprint density at radius 2 is 1.71 bits per heavy atom. The van der Waals surface area contributed by atoms with E-state index in [0.717, 1.165) is 81.6 Å². The van der Waals surface area contributed by atoms with Crippen LogP contribution in [0.2, 0.25) is 0 Å². The molecular weight excluding hydrogens is 466 g/mol. The number of hydrogen-bond acceptors (Lipinski definition) is 9. The standard InChI is InChI=1S/C24H35N7O3S/c1-3-18-12-25-23(26-13-18)29-8-4-19(5-9-29)7-11-34-21-16-30(17-21)24-27-14-20-15-31(35(2,32)33)10-6-22(20)28-24/h12-14,19,21H,3-11,15-17H2,1-2H3. The van der Waals surface area contributed by atoms with Crippen LogP contribution < -0.4 is 9.80 Å². The molecule has 5 rings (SSSR count). The lowest BCUT2D eigenvalue weighted by molar-refractivity contribution is 0.0246. The Hall–Kier alpha value is -2.37. The number of ether oxygens (including phenoxy) is 1. The van der Waals surface area contributed by atoms with E-state index in [2.05, 4.69) is 31.7 Å². The third-order valence-electron chi connectivity index (χ3n) is 7.36. The molecule has 0 bridgehead atoms. The third-order valence-corrected chi connectivity index (χ3v) is 8.61. The fraction of sp³-hybridized carbons (Fsp3) is 0.667. The molecule has 5 heterocycles. The van der Waals surface area contributed by atoms with Crippen LogP contribution in [-0.4, -0.2) is 84.3 Å². The van der Waals surface area contributed by atoms with Gasteiger partial charge in [-0.3, -0.25) is 0 Å². The van der Waals surface area contributed by atoms with E-state index in [1.54, 1.807) is 6.20 Å². The minimum Gasteiger partial charge on any atom is -0.375 e. The van der Waals surface area contributed by atoms with Crippen LogP contribution >= 0.6 is 0 Å². The van der Waals surface area contributed by atoms with Crippen LogP contribution in [0.3, 0.4) is 0 Å². The van der Waals surface area contributed by atoms with E-state index in [1.807, 2.05) is 12.4 Å². The molecule has 0 radical (unpaired) electrons. The zero-order chi connectivity index (χ0) is 24.4. The van der Waals surface area contributed by atoms with Crippen molar-refractivity contribution >= 4 is 21.9 Å². The lowest BCUT2D eigenvalue weighted by atomic mass is 9.94. The van der Waals surface area contributed by atoms with Gasteiger partial charge in [-0.15, -0.1) is 0 Å². The summed E-state index contributed by atoms with van der Waals surface area (Å²) in [4.78, 5) is 22.7. The first-order valence-corrected chi connectivity index (χ1v) is 14.5. The number of aromatic nitrogens is 4. The van der Waals surface area contributed by atoms with Crippen LogP contribution in [0, 0.1) is 5.92 Å². The largest absolute Gasteiger partial charge is 0.375 e. The van der Waals surface area contributed by atoms with Crippen molar-refractivity contribution in [2.75, 3.05) is 55.4 Å². The van der Waals surface area contributed by atoms with Gasteiger partial charge in [0.1, 0.15) is 0 Å². The molecule has 0 aliphatic carbocycles. The SMILES string of the molecule is CCc1cnc(N2CCC(CCOC3CN(c4ncc5c(n4)CCN(S(C)(=O)=O)C5)C3)CC2)nc1. The fourth-order valence-electron chi connectivity index (χ4n) is 4.94. The van der Waals surface area contributed by atoms with Gasteiger partial charge in [0.15, 0.2) is 0 Å². The number of nitrogens with zero attached hydrogens (tertiary/aromatic N) is 7. The van der Waals surface area contributed by atoms with Gasteiger partial charge in [0.05, 0.1) is 18.1 Å². The van der Waals surface area contributed by atoms with E-state index in [0.29, 0.717) is 25.4 Å². The molecule has 0 saturated carbocycles. The van der Waals surface area contributed by atoms with Gasteiger partial charge < -0.3 is 14.5 Å². The summed E-state index contributed by atoms with van der Waals surface area (Å²) in [6.45, 7) is 7.36. The average molecular weight is 502 g/mol. The molecule has 3 aliphatic rings. The number of fused-ring (bicyclic) bond motifs is 1. The van der Waals surface area contributed by atoms with Crippen molar-refractivity contribution in [1.82, 2.24) is 24.2 Å². The van der Waals surface area contributed by atoms with Crippen molar-refractivity contribution in [3.05, 3.63) is 35.4 Å². The predicted molar refractivity (Wildman–Crippen MR) is 134 cm³/mol. The first-order valence-electron chi connectivity index (χ1n) is 12.6. The Kier molecular flexibility index (Phi) is 7.17. The minimum atomic E-state index is -3.19. The maximum Gasteiger partial charge on any atom is 0.225 e. The maximum absolute atomic E-state index is 11.8. The molecule has 0 spiro atoms. The number of rotatable bonds is 8. The molecule has 2 fully saturated rings. The van der Waals surface area contributed by atoms with Gasteiger partial charge in [0, 0.05) is 76.5 Å². The summed E-state index contributed by atoms with van der Waals surface area (Å²) in [5.74, 6) is 2.26. The van der Waals surface area contributed by atoms with E-state index >= 15 is 0 Å². The molecule has 11 heteroatoms. The molecule has 190 valence electrons. The first-order chi connectivity index (χ1) is 16.9. The molecule has 0 N–H and O–H groups in total. The van der Waals surface area contributed by atoms with E-state index in [9.17, 15) is 8.42 Å². The van der Waals surface area contributed by atoms with Crippen LogP contribution in [-0.2, 0) is 34.1 Å². The minimum absolute atomic E-state index is 0.223. The van der Waals surface area contributed by atoms with Crippen LogP contribution in [0.1, 0.15) is 43.0 Å². The molecule has 2 saturated heterocycles. The second-order valence-corrected chi connectivity index (χ2v) is 11.8. The molecule has 3 aliphatic heterocycles. The highest BCUT2D eigenvalue weighted by Gasteiger charge is 2.31. The Bertz CT molecular complexity index is 1110. The van der Waals surface area contributed by atoms with Gasteiger partial charge in [-0.1, -0.05) is 6.92 Å². The van der Waals surface area contributed by atoms with Crippen molar-refractivity contribution in [3.63, 3.8) is 0 Å². The topological polar surface area (TPSA) is 105 Å².